The highest BCUT2D eigenvalue weighted by atomic mass is 19.1. The number of nitrogens with zero attached hydrogens (tertiary/aromatic N) is 3. The number of rotatable bonds is 3. The summed E-state index contributed by atoms with van der Waals surface area (Å²) in [4.78, 5) is 54.1. The summed E-state index contributed by atoms with van der Waals surface area (Å²) < 4.78 is 58.1. The lowest BCUT2D eigenvalue weighted by Gasteiger charge is -2.39. The monoisotopic (exact) mass is 583 g/mol. The van der Waals surface area contributed by atoms with Crippen molar-refractivity contribution in [1.82, 2.24) is 0 Å². The van der Waals surface area contributed by atoms with Gasteiger partial charge in [0.25, 0.3) is 0 Å². The van der Waals surface area contributed by atoms with Gasteiger partial charge in [0, 0.05) is 56.0 Å². The van der Waals surface area contributed by atoms with Crippen LogP contribution in [-0.4, -0.2) is 73.8 Å². The van der Waals surface area contributed by atoms with Crippen molar-refractivity contribution in [3.05, 3.63) is 103 Å². The smallest absolute Gasteiger partial charge is 0.227 e. The van der Waals surface area contributed by atoms with E-state index in [2.05, 4.69) is 15.0 Å². The minimum absolute atomic E-state index is 0.0446. The fourth-order valence-electron chi connectivity index (χ4n) is 6.78. The van der Waals surface area contributed by atoms with E-state index in [9.17, 15) is 27.6 Å². The van der Waals surface area contributed by atoms with Gasteiger partial charge in [-0.25, -0.2) is 28.1 Å². The van der Waals surface area contributed by atoms with Crippen molar-refractivity contribution in [3.8, 4) is 0 Å². The molecule has 3 aliphatic carbocycles. The Hall–Kier alpha value is -5.13. The molecular weight excluding hydrogens is 567 g/mol. The van der Waals surface area contributed by atoms with E-state index in [4.69, 9.17) is 14.2 Å². The molecule has 3 aliphatic heterocycles. The Morgan fingerprint density at radius 3 is 0.953 bits per heavy atom. The Bertz CT molecular complexity index is 1710. The molecule has 3 atom stereocenters. The van der Waals surface area contributed by atoms with Gasteiger partial charge < -0.3 is 14.2 Å². The first-order chi connectivity index (χ1) is 20.8. The van der Waals surface area contributed by atoms with E-state index in [1.54, 1.807) is 0 Å². The van der Waals surface area contributed by atoms with Crippen LogP contribution in [0, 0.1) is 0 Å². The molecule has 0 bridgehead atoms. The molecule has 0 aromatic heterocycles. The fraction of sp³-hybridized carbons (Fsp3) is 0.226. The Kier molecular flexibility index (Phi) is 4.69. The second-order valence-electron chi connectivity index (χ2n) is 10.9. The van der Waals surface area contributed by atoms with Crippen LogP contribution < -0.4 is 0 Å². The summed E-state index contributed by atoms with van der Waals surface area (Å²) in [5, 5.41) is 0. The van der Waals surface area contributed by atoms with Gasteiger partial charge in [0.15, 0.2) is 17.3 Å². The number of ketones is 3. The maximum Gasteiger partial charge on any atom is 0.227 e. The Labute approximate surface area is 239 Å². The molecule has 212 valence electrons. The zero-order chi connectivity index (χ0) is 29.3. The molecule has 0 radical (unpaired) electrons. The van der Waals surface area contributed by atoms with Crippen LogP contribution in [0.15, 0.2) is 51.4 Å². The minimum Gasteiger partial charge on any atom is -0.472 e. The number of carbonyl (C=O) groups is 3. The second kappa shape index (κ2) is 8.24. The third-order valence-corrected chi connectivity index (χ3v) is 8.46. The van der Waals surface area contributed by atoms with Gasteiger partial charge in [-0.3, -0.25) is 14.4 Å². The van der Waals surface area contributed by atoms with Crippen LogP contribution in [0.5, 0.6) is 0 Å². The standard InChI is InChI=1S/C31H16F3N3O6/c32-19-7-41-29(35-19)10-1-13-22-14(2-10)27(39)17-5-12(31-37-21(34)9-43-31)6-18-24(17)25(22)23-15(26(13)38)3-11(4-16(23)28(18)40)30-36-20(33)8-42-30/h1-6,19-21,25H,7-9H2. The maximum absolute atomic E-state index is 14.2. The van der Waals surface area contributed by atoms with Gasteiger partial charge in [-0.2, -0.15) is 0 Å². The minimum atomic E-state index is -1.59. The molecule has 3 unspecified atom stereocenters. The Morgan fingerprint density at radius 2 is 0.744 bits per heavy atom. The fourth-order valence-corrected chi connectivity index (χ4v) is 6.78. The number of alkyl halides is 3. The number of hydrogen-bond acceptors (Lipinski definition) is 9. The van der Waals surface area contributed by atoms with Crippen molar-refractivity contribution in [2.75, 3.05) is 19.8 Å². The SMILES string of the molecule is O=C1c2cc(C3=NC(F)CO3)cc3c2C2c4c1cc(C1=NC(F)CO1)cc4C(=O)c1cc(C4=NC(F)CO4)cc(c12)C3=O. The molecule has 0 saturated heterocycles. The summed E-state index contributed by atoms with van der Waals surface area (Å²) >= 11 is 0. The van der Waals surface area contributed by atoms with Crippen molar-refractivity contribution in [3.63, 3.8) is 0 Å². The van der Waals surface area contributed by atoms with Gasteiger partial charge in [-0.15, -0.1) is 0 Å². The van der Waals surface area contributed by atoms with E-state index in [-0.39, 0.29) is 87.6 Å². The zero-order valence-electron chi connectivity index (χ0n) is 21.8. The lowest BCUT2D eigenvalue weighted by Crippen LogP contribution is -2.35. The van der Waals surface area contributed by atoms with Crippen LogP contribution in [0.25, 0.3) is 0 Å². The normalized spacial score (nSPS) is 25.5. The van der Waals surface area contributed by atoms with Crippen LogP contribution in [-0.2, 0) is 14.2 Å². The second-order valence-corrected chi connectivity index (χ2v) is 10.9. The molecule has 3 heterocycles. The van der Waals surface area contributed by atoms with Crippen molar-refractivity contribution < 1.29 is 41.8 Å². The highest BCUT2D eigenvalue weighted by molar-refractivity contribution is 6.27. The summed E-state index contributed by atoms with van der Waals surface area (Å²) in [5.74, 6) is -2.27. The molecule has 9 nitrogen and oxygen atoms in total. The highest BCUT2D eigenvalue weighted by Crippen LogP contribution is 2.53. The van der Waals surface area contributed by atoms with E-state index >= 15 is 0 Å². The number of halogens is 3. The molecule has 6 aliphatic rings. The number of hydrogen-bond donors (Lipinski definition) is 0. The third kappa shape index (κ3) is 3.23. The summed E-state index contributed by atoms with van der Waals surface area (Å²) in [6.07, 6.45) is -4.77. The van der Waals surface area contributed by atoms with Gasteiger partial charge in [-0.05, 0) is 53.1 Å². The Balaban J connectivity index is 1.36. The van der Waals surface area contributed by atoms with E-state index in [0.29, 0.717) is 16.7 Å². The number of benzene rings is 3. The zero-order valence-corrected chi connectivity index (χ0v) is 21.8. The van der Waals surface area contributed by atoms with Crippen molar-refractivity contribution in [2.24, 2.45) is 15.0 Å². The topological polar surface area (TPSA) is 116 Å². The van der Waals surface area contributed by atoms with Crippen LogP contribution in [0.4, 0.5) is 13.2 Å². The predicted octanol–water partition coefficient (Wildman–Crippen LogP) is 3.72. The molecule has 0 amide bonds. The lowest BCUT2D eigenvalue weighted by molar-refractivity contribution is 0.102. The molecule has 0 N–H and O–H groups in total. The van der Waals surface area contributed by atoms with Crippen molar-refractivity contribution in [2.45, 2.75) is 24.8 Å². The van der Waals surface area contributed by atoms with Crippen molar-refractivity contribution in [1.29, 1.82) is 0 Å². The molecule has 0 spiro atoms. The van der Waals surface area contributed by atoms with E-state index in [1.807, 2.05) is 0 Å². The predicted molar refractivity (Wildman–Crippen MR) is 143 cm³/mol. The summed E-state index contributed by atoms with van der Waals surface area (Å²) in [6, 6.07) is 9.08. The van der Waals surface area contributed by atoms with Gasteiger partial charge in [0.2, 0.25) is 36.6 Å². The van der Waals surface area contributed by atoms with Crippen LogP contribution in [0.3, 0.4) is 0 Å². The molecule has 3 aromatic carbocycles. The lowest BCUT2D eigenvalue weighted by atomic mass is 9.61. The molecule has 12 heteroatoms. The molecule has 0 saturated carbocycles. The van der Waals surface area contributed by atoms with E-state index < -0.39 is 42.2 Å². The molecule has 0 fully saturated rings. The average Bonchev–Trinajstić information content (AvgIpc) is 3.76. The molecule has 3 aromatic rings. The average molecular weight is 583 g/mol. The number of carbonyl (C=O) groups excluding carboxylic acids is 3. The molecule has 43 heavy (non-hydrogen) atoms. The van der Waals surface area contributed by atoms with E-state index in [1.165, 1.54) is 36.4 Å². The largest absolute Gasteiger partial charge is 0.472 e. The van der Waals surface area contributed by atoms with Gasteiger partial charge in [0.1, 0.15) is 19.8 Å². The van der Waals surface area contributed by atoms with Crippen LogP contribution in [0.2, 0.25) is 0 Å². The Morgan fingerprint density at radius 1 is 0.488 bits per heavy atom. The summed E-state index contributed by atoms with van der Waals surface area (Å²) in [7, 11) is 0. The first kappa shape index (κ1) is 24.5. The first-order valence-electron chi connectivity index (χ1n) is 13.5. The maximum atomic E-state index is 14.2. The third-order valence-electron chi connectivity index (χ3n) is 8.46. The van der Waals surface area contributed by atoms with Crippen LogP contribution >= 0.6 is 0 Å². The first-order valence-corrected chi connectivity index (χ1v) is 13.5. The van der Waals surface area contributed by atoms with Gasteiger partial charge >= 0.3 is 0 Å². The quantitative estimate of drug-likeness (QED) is 0.294. The van der Waals surface area contributed by atoms with Gasteiger partial charge in [-0.1, -0.05) is 0 Å². The molecule has 9 rings (SSSR count). The van der Waals surface area contributed by atoms with Gasteiger partial charge in [0.05, 0.1) is 0 Å². The number of ether oxygens (including phenoxy) is 3. The summed E-state index contributed by atoms with van der Waals surface area (Å²) in [6.45, 7) is -0.890. The highest BCUT2D eigenvalue weighted by Gasteiger charge is 2.48. The van der Waals surface area contributed by atoms with Crippen LogP contribution in [0.1, 0.15) is 87.1 Å². The summed E-state index contributed by atoms with van der Waals surface area (Å²) in [5.41, 5.74) is 3.02. The molecular formula is C31H16F3N3O6. The van der Waals surface area contributed by atoms with Crippen molar-refractivity contribution >= 4 is 35.0 Å². The number of aliphatic imine (C=N–C) groups is 3. The van der Waals surface area contributed by atoms with E-state index in [0.717, 1.165) is 0 Å².